The molecule has 0 aromatic heterocycles. The van der Waals surface area contributed by atoms with Gasteiger partial charge in [0.25, 0.3) is 5.91 Å². The maximum atomic E-state index is 12.5. The fourth-order valence-corrected chi connectivity index (χ4v) is 4.38. The molecular formula is C22H28N2O6S2. The number of hydrogen-bond donors (Lipinski definition) is 2. The van der Waals surface area contributed by atoms with Crippen molar-refractivity contribution in [1.82, 2.24) is 10.0 Å². The van der Waals surface area contributed by atoms with Crippen molar-refractivity contribution >= 4 is 33.7 Å². The molecule has 0 bridgehead atoms. The van der Waals surface area contributed by atoms with Crippen LogP contribution in [0.2, 0.25) is 0 Å². The van der Waals surface area contributed by atoms with Gasteiger partial charge in [0.1, 0.15) is 18.4 Å². The van der Waals surface area contributed by atoms with Crippen LogP contribution >= 0.6 is 11.8 Å². The second-order valence-corrected chi connectivity index (χ2v) is 9.59. The summed E-state index contributed by atoms with van der Waals surface area (Å²) in [6, 6.07) is 14.2. The molecule has 32 heavy (non-hydrogen) atoms. The Bertz CT molecular complexity index is 983. The lowest BCUT2D eigenvalue weighted by atomic mass is 10.2. The maximum Gasteiger partial charge on any atom is 0.324 e. The summed E-state index contributed by atoms with van der Waals surface area (Å²) in [4.78, 5) is 24.5. The Morgan fingerprint density at radius 3 is 2.53 bits per heavy atom. The van der Waals surface area contributed by atoms with E-state index in [0.29, 0.717) is 11.5 Å². The summed E-state index contributed by atoms with van der Waals surface area (Å²) in [5, 5.41) is 2.60. The van der Waals surface area contributed by atoms with Crippen molar-refractivity contribution in [1.29, 1.82) is 0 Å². The Morgan fingerprint density at radius 2 is 1.84 bits per heavy atom. The Morgan fingerprint density at radius 1 is 1.09 bits per heavy atom. The molecule has 0 saturated carbocycles. The molecule has 0 aliphatic rings. The second-order valence-electron chi connectivity index (χ2n) is 6.89. The molecule has 1 unspecified atom stereocenters. The van der Waals surface area contributed by atoms with Crippen LogP contribution in [0.15, 0.2) is 59.5 Å². The van der Waals surface area contributed by atoms with Gasteiger partial charge in [0, 0.05) is 0 Å². The normalized spacial score (nSPS) is 12.1. The molecular weight excluding hydrogens is 452 g/mol. The van der Waals surface area contributed by atoms with Crippen molar-refractivity contribution < 1.29 is 27.5 Å². The van der Waals surface area contributed by atoms with E-state index in [4.69, 9.17) is 9.47 Å². The first kappa shape index (κ1) is 25.7. The third kappa shape index (κ3) is 8.89. The van der Waals surface area contributed by atoms with E-state index in [1.54, 1.807) is 18.2 Å². The Balaban J connectivity index is 1.80. The van der Waals surface area contributed by atoms with Gasteiger partial charge in [-0.1, -0.05) is 30.3 Å². The molecule has 0 heterocycles. The summed E-state index contributed by atoms with van der Waals surface area (Å²) in [7, 11) is -3.90. The smallest absolute Gasteiger partial charge is 0.324 e. The molecule has 174 valence electrons. The maximum absolute atomic E-state index is 12.5. The fraction of sp³-hybridized carbons (Fsp3) is 0.364. The number of esters is 1. The number of amides is 1. The highest BCUT2D eigenvalue weighted by molar-refractivity contribution is 7.98. The third-order valence-electron chi connectivity index (χ3n) is 4.27. The number of carbonyl (C=O) groups excluding carboxylic acids is 2. The predicted octanol–water partition coefficient (Wildman–Crippen LogP) is 2.13. The predicted molar refractivity (Wildman–Crippen MR) is 124 cm³/mol. The second kappa shape index (κ2) is 13.1. The van der Waals surface area contributed by atoms with Crippen LogP contribution in [-0.2, 0) is 24.3 Å². The molecule has 10 heteroatoms. The van der Waals surface area contributed by atoms with E-state index >= 15 is 0 Å². The molecule has 0 spiro atoms. The molecule has 1 atom stereocenters. The Kier molecular flexibility index (Phi) is 10.5. The van der Waals surface area contributed by atoms with E-state index in [1.165, 1.54) is 23.9 Å². The Hall–Kier alpha value is -2.56. The molecule has 8 nitrogen and oxygen atoms in total. The highest BCUT2D eigenvalue weighted by Gasteiger charge is 2.27. The molecule has 0 aliphatic heterocycles. The topological polar surface area (TPSA) is 111 Å². The lowest BCUT2D eigenvalue weighted by Gasteiger charge is -2.17. The SMILES string of the molecule is CSCCC(NS(=O)(=O)c1ccccc1)C(=O)OCC(=O)NCCOc1cccc(C)c1. The van der Waals surface area contributed by atoms with Crippen LogP contribution in [-0.4, -0.2) is 58.1 Å². The number of carbonyl (C=O) groups is 2. The average molecular weight is 481 g/mol. The molecule has 0 saturated heterocycles. The van der Waals surface area contributed by atoms with Gasteiger partial charge in [0.2, 0.25) is 10.0 Å². The summed E-state index contributed by atoms with van der Waals surface area (Å²) in [5.74, 6) is -0.0574. The van der Waals surface area contributed by atoms with Crippen LogP contribution in [0.4, 0.5) is 0 Å². The van der Waals surface area contributed by atoms with Crippen molar-refractivity contribution in [2.45, 2.75) is 24.3 Å². The highest BCUT2D eigenvalue weighted by atomic mass is 32.2. The molecule has 2 rings (SSSR count). The van der Waals surface area contributed by atoms with E-state index in [0.717, 1.165) is 5.56 Å². The molecule has 2 aromatic carbocycles. The van der Waals surface area contributed by atoms with Crippen molar-refractivity contribution in [2.24, 2.45) is 0 Å². The molecule has 0 radical (unpaired) electrons. The van der Waals surface area contributed by atoms with Gasteiger partial charge in [-0.05, 0) is 55.2 Å². The summed E-state index contributed by atoms with van der Waals surface area (Å²) in [6.45, 7) is 1.94. The first-order chi connectivity index (χ1) is 15.3. The summed E-state index contributed by atoms with van der Waals surface area (Å²) >= 11 is 1.47. The van der Waals surface area contributed by atoms with Crippen LogP contribution in [0.3, 0.4) is 0 Å². The number of rotatable bonds is 13. The number of hydrogen-bond acceptors (Lipinski definition) is 7. The van der Waals surface area contributed by atoms with Crippen molar-refractivity contribution in [2.75, 3.05) is 31.8 Å². The molecule has 0 fully saturated rings. The third-order valence-corrected chi connectivity index (χ3v) is 6.41. The van der Waals surface area contributed by atoms with Gasteiger partial charge in [0.15, 0.2) is 6.61 Å². The molecule has 1 amide bonds. The van der Waals surface area contributed by atoms with Crippen LogP contribution < -0.4 is 14.8 Å². The molecule has 0 aliphatic carbocycles. The van der Waals surface area contributed by atoms with Crippen molar-refractivity contribution in [3.63, 3.8) is 0 Å². The monoisotopic (exact) mass is 480 g/mol. The zero-order chi connectivity index (χ0) is 23.4. The van der Waals surface area contributed by atoms with Crippen molar-refractivity contribution in [3.8, 4) is 5.75 Å². The zero-order valence-electron chi connectivity index (χ0n) is 18.1. The fourth-order valence-electron chi connectivity index (χ4n) is 2.67. The number of benzene rings is 2. The van der Waals surface area contributed by atoms with Gasteiger partial charge in [-0.3, -0.25) is 9.59 Å². The average Bonchev–Trinajstić information content (AvgIpc) is 2.78. The molecule has 2 N–H and O–H groups in total. The van der Waals surface area contributed by atoms with E-state index < -0.39 is 34.5 Å². The van der Waals surface area contributed by atoms with Gasteiger partial charge >= 0.3 is 5.97 Å². The first-order valence-electron chi connectivity index (χ1n) is 10.0. The minimum atomic E-state index is -3.90. The Labute approximate surface area is 193 Å². The first-order valence-corrected chi connectivity index (χ1v) is 12.9. The number of sulfonamides is 1. The number of nitrogens with one attached hydrogen (secondary N) is 2. The zero-order valence-corrected chi connectivity index (χ0v) is 19.7. The van der Waals surface area contributed by atoms with Crippen LogP contribution in [0, 0.1) is 6.92 Å². The lowest BCUT2D eigenvalue weighted by Crippen LogP contribution is -2.43. The van der Waals surface area contributed by atoms with E-state index in [2.05, 4.69) is 10.0 Å². The van der Waals surface area contributed by atoms with E-state index in [-0.39, 0.29) is 24.5 Å². The summed E-state index contributed by atoms with van der Waals surface area (Å²) in [6.07, 6.45) is 2.08. The quantitative estimate of drug-likeness (QED) is 0.334. The highest BCUT2D eigenvalue weighted by Crippen LogP contribution is 2.12. The summed E-state index contributed by atoms with van der Waals surface area (Å²) in [5.41, 5.74) is 1.07. The van der Waals surface area contributed by atoms with E-state index in [1.807, 2.05) is 37.4 Å². The van der Waals surface area contributed by atoms with Crippen LogP contribution in [0.25, 0.3) is 0 Å². The van der Waals surface area contributed by atoms with Gasteiger partial charge in [-0.25, -0.2) is 8.42 Å². The standard InChI is InChI=1S/C22H28N2O6S2/c1-17-7-6-8-18(15-17)29-13-12-23-21(25)16-30-22(26)20(11-14-31-2)24-32(27,28)19-9-4-3-5-10-19/h3-10,15,20,24H,11-14,16H2,1-2H3,(H,23,25). The minimum Gasteiger partial charge on any atom is -0.492 e. The largest absolute Gasteiger partial charge is 0.492 e. The number of aryl methyl sites for hydroxylation is 1. The van der Waals surface area contributed by atoms with Gasteiger partial charge in [0.05, 0.1) is 11.4 Å². The minimum absolute atomic E-state index is 0.0494. The molecule has 2 aromatic rings. The lowest BCUT2D eigenvalue weighted by molar-refractivity contribution is -0.150. The van der Waals surface area contributed by atoms with Crippen LogP contribution in [0.5, 0.6) is 5.75 Å². The van der Waals surface area contributed by atoms with Gasteiger partial charge in [-0.2, -0.15) is 16.5 Å². The van der Waals surface area contributed by atoms with Gasteiger partial charge < -0.3 is 14.8 Å². The number of thioether (sulfide) groups is 1. The van der Waals surface area contributed by atoms with Crippen molar-refractivity contribution in [3.05, 3.63) is 60.2 Å². The summed E-state index contributed by atoms with van der Waals surface area (Å²) < 4.78 is 38.0. The van der Waals surface area contributed by atoms with E-state index in [9.17, 15) is 18.0 Å². The number of ether oxygens (including phenoxy) is 2. The van der Waals surface area contributed by atoms with Crippen LogP contribution in [0.1, 0.15) is 12.0 Å². The van der Waals surface area contributed by atoms with Gasteiger partial charge in [-0.15, -0.1) is 0 Å².